The van der Waals surface area contributed by atoms with Crippen molar-refractivity contribution < 1.29 is 5.11 Å². The number of hydrogen-bond acceptors (Lipinski definition) is 2. The zero-order valence-corrected chi connectivity index (χ0v) is 9.32. The van der Waals surface area contributed by atoms with Gasteiger partial charge in [0.2, 0.25) is 0 Å². The van der Waals surface area contributed by atoms with E-state index in [-0.39, 0.29) is 0 Å². The van der Waals surface area contributed by atoms with Crippen molar-refractivity contribution in [2.45, 2.75) is 44.6 Å². The van der Waals surface area contributed by atoms with Crippen LogP contribution in [0.15, 0.2) is 24.5 Å². The van der Waals surface area contributed by atoms with Crippen LogP contribution < -0.4 is 0 Å². The van der Waals surface area contributed by atoms with Crippen molar-refractivity contribution in [2.75, 3.05) is 0 Å². The molecule has 2 nitrogen and oxygen atoms in total. The molecule has 2 rings (SSSR count). The minimum atomic E-state index is -0.469. The van der Waals surface area contributed by atoms with E-state index >= 15 is 0 Å². The number of hydrogen-bond donors (Lipinski definition) is 1. The van der Waals surface area contributed by atoms with Crippen molar-refractivity contribution in [3.8, 4) is 0 Å². The molecule has 1 heterocycles. The Morgan fingerprint density at radius 2 is 2.47 bits per heavy atom. The Morgan fingerprint density at radius 3 is 3.07 bits per heavy atom. The Hall–Kier alpha value is -0.890. The van der Waals surface area contributed by atoms with Gasteiger partial charge in [-0.25, -0.2) is 0 Å². The molecule has 15 heavy (non-hydrogen) atoms. The average Bonchev–Trinajstić information content (AvgIpc) is 2.61. The van der Waals surface area contributed by atoms with Crippen LogP contribution in [0, 0.1) is 5.92 Å². The maximum absolute atomic E-state index is 10.4. The predicted molar refractivity (Wildman–Crippen MR) is 60.5 cm³/mol. The van der Waals surface area contributed by atoms with Crippen LogP contribution in [0.3, 0.4) is 0 Å². The summed E-state index contributed by atoms with van der Waals surface area (Å²) in [6.07, 6.45) is 8.66. The number of aliphatic hydroxyl groups is 1. The highest BCUT2D eigenvalue weighted by Crippen LogP contribution is 2.38. The lowest BCUT2D eigenvalue weighted by atomic mass is 9.92. The van der Waals surface area contributed by atoms with E-state index in [4.69, 9.17) is 0 Å². The SMILES string of the molecule is CCC1CCC(O)(Cc2cccnc2)C1. The van der Waals surface area contributed by atoms with E-state index in [1.54, 1.807) is 6.20 Å². The molecule has 0 amide bonds. The molecule has 0 aliphatic heterocycles. The van der Waals surface area contributed by atoms with Crippen LogP contribution in [0.2, 0.25) is 0 Å². The van der Waals surface area contributed by atoms with Gasteiger partial charge in [0.15, 0.2) is 0 Å². The van der Waals surface area contributed by atoms with Gasteiger partial charge in [-0.15, -0.1) is 0 Å². The van der Waals surface area contributed by atoms with E-state index in [2.05, 4.69) is 11.9 Å². The second kappa shape index (κ2) is 4.31. The summed E-state index contributed by atoms with van der Waals surface area (Å²) in [7, 11) is 0. The molecule has 0 spiro atoms. The van der Waals surface area contributed by atoms with Gasteiger partial charge < -0.3 is 5.11 Å². The molecule has 0 bridgehead atoms. The summed E-state index contributed by atoms with van der Waals surface area (Å²) in [5.74, 6) is 0.715. The maximum atomic E-state index is 10.4. The van der Waals surface area contributed by atoms with E-state index in [1.807, 2.05) is 18.3 Å². The first-order valence-corrected chi connectivity index (χ1v) is 5.83. The minimum Gasteiger partial charge on any atom is -0.390 e. The Morgan fingerprint density at radius 1 is 1.60 bits per heavy atom. The van der Waals surface area contributed by atoms with Crippen LogP contribution in [-0.4, -0.2) is 15.7 Å². The van der Waals surface area contributed by atoms with Crippen LogP contribution >= 0.6 is 0 Å². The molecule has 0 radical (unpaired) electrons. The maximum Gasteiger partial charge on any atom is 0.0691 e. The molecule has 1 N–H and O–H groups in total. The van der Waals surface area contributed by atoms with E-state index < -0.39 is 5.60 Å². The van der Waals surface area contributed by atoms with E-state index in [0.717, 1.165) is 24.8 Å². The third-order valence-corrected chi connectivity index (χ3v) is 3.52. The smallest absolute Gasteiger partial charge is 0.0691 e. The van der Waals surface area contributed by atoms with Crippen LogP contribution in [0.5, 0.6) is 0 Å². The predicted octanol–water partition coefficient (Wildman–Crippen LogP) is 2.57. The summed E-state index contributed by atoms with van der Waals surface area (Å²) in [6.45, 7) is 2.21. The molecule has 1 aromatic heterocycles. The summed E-state index contributed by atoms with van der Waals surface area (Å²) in [6, 6.07) is 3.98. The van der Waals surface area contributed by atoms with Crippen molar-refractivity contribution in [2.24, 2.45) is 5.92 Å². The minimum absolute atomic E-state index is 0.469. The largest absolute Gasteiger partial charge is 0.390 e. The Kier molecular flexibility index (Phi) is 3.06. The zero-order chi connectivity index (χ0) is 10.7. The van der Waals surface area contributed by atoms with Gasteiger partial charge in [-0.05, 0) is 36.8 Å². The molecule has 1 aliphatic carbocycles. The highest BCUT2D eigenvalue weighted by atomic mass is 16.3. The van der Waals surface area contributed by atoms with Crippen LogP contribution in [0.1, 0.15) is 38.2 Å². The van der Waals surface area contributed by atoms with E-state index in [1.165, 1.54) is 12.8 Å². The lowest BCUT2D eigenvalue weighted by Gasteiger charge is -2.22. The fourth-order valence-electron chi connectivity index (χ4n) is 2.61. The van der Waals surface area contributed by atoms with Crippen LogP contribution in [-0.2, 0) is 6.42 Å². The summed E-state index contributed by atoms with van der Waals surface area (Å²) >= 11 is 0. The third-order valence-electron chi connectivity index (χ3n) is 3.52. The number of pyridine rings is 1. The molecule has 0 aromatic carbocycles. The molecule has 0 saturated heterocycles. The lowest BCUT2D eigenvalue weighted by Crippen LogP contribution is -2.27. The summed E-state index contributed by atoms with van der Waals surface area (Å²) in [4.78, 5) is 4.09. The molecular weight excluding hydrogens is 186 g/mol. The number of aromatic nitrogens is 1. The lowest BCUT2D eigenvalue weighted by molar-refractivity contribution is 0.0436. The summed E-state index contributed by atoms with van der Waals surface area (Å²) < 4.78 is 0. The fourth-order valence-corrected chi connectivity index (χ4v) is 2.61. The van der Waals surface area contributed by atoms with E-state index in [0.29, 0.717) is 5.92 Å². The van der Waals surface area contributed by atoms with Crippen molar-refractivity contribution >= 4 is 0 Å². The van der Waals surface area contributed by atoms with Gasteiger partial charge in [0, 0.05) is 18.8 Å². The quantitative estimate of drug-likeness (QED) is 0.822. The van der Waals surface area contributed by atoms with Crippen molar-refractivity contribution in [3.05, 3.63) is 30.1 Å². The summed E-state index contributed by atoms with van der Waals surface area (Å²) in [5.41, 5.74) is 0.681. The first-order valence-electron chi connectivity index (χ1n) is 5.83. The molecule has 1 aliphatic rings. The van der Waals surface area contributed by atoms with Crippen LogP contribution in [0.4, 0.5) is 0 Å². The molecule has 82 valence electrons. The second-order valence-corrected chi connectivity index (χ2v) is 4.78. The molecule has 2 atom stereocenters. The molecule has 2 heteroatoms. The second-order valence-electron chi connectivity index (χ2n) is 4.78. The first-order chi connectivity index (χ1) is 7.22. The van der Waals surface area contributed by atoms with Gasteiger partial charge in [-0.1, -0.05) is 19.4 Å². The van der Waals surface area contributed by atoms with Crippen molar-refractivity contribution in [3.63, 3.8) is 0 Å². The Balaban J connectivity index is 2.00. The molecular formula is C13H19NO. The van der Waals surface area contributed by atoms with Gasteiger partial charge in [-0.3, -0.25) is 4.98 Å². The van der Waals surface area contributed by atoms with E-state index in [9.17, 15) is 5.11 Å². The van der Waals surface area contributed by atoms with Crippen molar-refractivity contribution in [1.82, 2.24) is 4.98 Å². The number of nitrogens with zero attached hydrogens (tertiary/aromatic N) is 1. The molecule has 2 unspecified atom stereocenters. The van der Waals surface area contributed by atoms with Gasteiger partial charge in [0.1, 0.15) is 0 Å². The highest BCUT2D eigenvalue weighted by molar-refractivity contribution is 5.12. The van der Waals surface area contributed by atoms with Gasteiger partial charge in [0.05, 0.1) is 5.60 Å². The Bertz CT molecular complexity index is 312. The number of rotatable bonds is 3. The highest BCUT2D eigenvalue weighted by Gasteiger charge is 2.36. The summed E-state index contributed by atoms with van der Waals surface area (Å²) in [5, 5.41) is 10.4. The standard InChI is InChI=1S/C13H19NO/c1-2-11-5-6-13(15,8-11)9-12-4-3-7-14-10-12/h3-4,7,10-11,15H,2,5-6,8-9H2,1H3. The topological polar surface area (TPSA) is 33.1 Å². The monoisotopic (exact) mass is 205 g/mol. The molecule has 1 aromatic rings. The Labute approximate surface area is 91.4 Å². The van der Waals surface area contributed by atoms with Gasteiger partial charge in [0.25, 0.3) is 0 Å². The third kappa shape index (κ3) is 2.57. The molecule has 1 fully saturated rings. The normalized spacial score (nSPS) is 30.7. The average molecular weight is 205 g/mol. The fraction of sp³-hybridized carbons (Fsp3) is 0.615. The van der Waals surface area contributed by atoms with Crippen LogP contribution in [0.25, 0.3) is 0 Å². The van der Waals surface area contributed by atoms with Gasteiger partial charge in [-0.2, -0.15) is 0 Å². The van der Waals surface area contributed by atoms with Gasteiger partial charge >= 0.3 is 0 Å². The zero-order valence-electron chi connectivity index (χ0n) is 9.32. The molecule has 1 saturated carbocycles. The first kappa shape index (κ1) is 10.6. The van der Waals surface area contributed by atoms with Crippen molar-refractivity contribution in [1.29, 1.82) is 0 Å².